The minimum Gasteiger partial charge on any atom is -0.495 e. The van der Waals surface area contributed by atoms with Crippen molar-refractivity contribution in [3.63, 3.8) is 0 Å². The Kier molecular flexibility index (Phi) is 5.37. The Morgan fingerprint density at radius 2 is 1.84 bits per heavy atom. The molecule has 6 nitrogen and oxygen atoms in total. The molecule has 1 saturated heterocycles. The number of hydrogen-bond donors (Lipinski definition) is 1. The van der Waals surface area contributed by atoms with E-state index in [1.54, 1.807) is 18.1 Å². The molecular weight excluding hydrogens is 342 g/mol. The number of rotatable bonds is 5. The van der Waals surface area contributed by atoms with Gasteiger partial charge in [0, 0.05) is 43.2 Å². The number of piperazine rings is 1. The summed E-state index contributed by atoms with van der Waals surface area (Å²) < 4.78 is 5.31. The van der Waals surface area contributed by atoms with Gasteiger partial charge >= 0.3 is 0 Å². The SMILES string of the molecule is COc1cc(Cl)c(C)cc1NCC(=O)N1CCN(C(=O)C2CC2)CC1. The zero-order valence-electron chi connectivity index (χ0n) is 14.7. The molecule has 2 amide bonds. The van der Waals surface area contributed by atoms with Gasteiger partial charge in [-0.25, -0.2) is 0 Å². The second kappa shape index (κ2) is 7.52. The Balaban J connectivity index is 1.52. The van der Waals surface area contributed by atoms with Gasteiger partial charge < -0.3 is 19.9 Å². The maximum atomic E-state index is 12.4. The number of carbonyl (C=O) groups is 2. The Morgan fingerprint density at radius 1 is 1.20 bits per heavy atom. The van der Waals surface area contributed by atoms with Gasteiger partial charge in [0.25, 0.3) is 0 Å². The maximum absolute atomic E-state index is 12.4. The largest absolute Gasteiger partial charge is 0.495 e. The number of methoxy groups -OCH3 is 1. The molecule has 1 heterocycles. The number of halogens is 1. The lowest BCUT2D eigenvalue weighted by molar-refractivity contribution is -0.139. The third-order valence-electron chi connectivity index (χ3n) is 4.78. The van der Waals surface area contributed by atoms with E-state index < -0.39 is 0 Å². The topological polar surface area (TPSA) is 61.9 Å². The molecule has 0 radical (unpaired) electrons. The summed E-state index contributed by atoms with van der Waals surface area (Å²) in [5.74, 6) is 1.13. The van der Waals surface area contributed by atoms with E-state index >= 15 is 0 Å². The van der Waals surface area contributed by atoms with Gasteiger partial charge in [-0.3, -0.25) is 9.59 Å². The van der Waals surface area contributed by atoms with Crippen LogP contribution in [0.3, 0.4) is 0 Å². The molecule has 0 atom stereocenters. The van der Waals surface area contributed by atoms with Crippen molar-refractivity contribution in [1.29, 1.82) is 0 Å². The number of ether oxygens (including phenoxy) is 1. The molecule has 0 bridgehead atoms. The monoisotopic (exact) mass is 365 g/mol. The summed E-state index contributed by atoms with van der Waals surface area (Å²) in [5.41, 5.74) is 1.67. The van der Waals surface area contributed by atoms with Gasteiger partial charge in [-0.1, -0.05) is 11.6 Å². The number of amides is 2. The first-order valence-electron chi connectivity index (χ1n) is 8.64. The van der Waals surface area contributed by atoms with Gasteiger partial charge in [0.15, 0.2) is 0 Å². The number of nitrogens with one attached hydrogen (secondary N) is 1. The molecule has 136 valence electrons. The lowest BCUT2D eigenvalue weighted by Crippen LogP contribution is -2.52. The highest BCUT2D eigenvalue weighted by atomic mass is 35.5. The Bertz CT molecular complexity index is 668. The predicted molar refractivity (Wildman–Crippen MR) is 97.1 cm³/mol. The van der Waals surface area contributed by atoms with Crippen LogP contribution in [0.15, 0.2) is 12.1 Å². The lowest BCUT2D eigenvalue weighted by atomic mass is 10.2. The number of benzene rings is 1. The van der Waals surface area contributed by atoms with Crippen LogP contribution in [0.1, 0.15) is 18.4 Å². The number of aryl methyl sites for hydroxylation is 1. The van der Waals surface area contributed by atoms with Crippen molar-refractivity contribution in [3.8, 4) is 5.75 Å². The van der Waals surface area contributed by atoms with Crippen LogP contribution < -0.4 is 10.1 Å². The summed E-state index contributed by atoms with van der Waals surface area (Å²) in [6.45, 7) is 4.54. The van der Waals surface area contributed by atoms with Crippen LogP contribution in [-0.4, -0.2) is 61.4 Å². The summed E-state index contributed by atoms with van der Waals surface area (Å²) in [6, 6.07) is 3.62. The van der Waals surface area contributed by atoms with E-state index in [2.05, 4.69) is 5.32 Å². The van der Waals surface area contributed by atoms with Gasteiger partial charge in [-0.05, 0) is 31.4 Å². The molecular formula is C18H24ClN3O3. The highest BCUT2D eigenvalue weighted by Crippen LogP contribution is 2.32. The number of hydrogen-bond acceptors (Lipinski definition) is 4. The first-order valence-corrected chi connectivity index (χ1v) is 9.02. The molecule has 0 unspecified atom stereocenters. The van der Waals surface area contributed by atoms with Crippen LogP contribution in [0.2, 0.25) is 5.02 Å². The second-order valence-electron chi connectivity index (χ2n) is 6.64. The normalized spacial score (nSPS) is 17.4. The van der Waals surface area contributed by atoms with Crippen molar-refractivity contribution in [2.45, 2.75) is 19.8 Å². The average molecular weight is 366 g/mol. The van der Waals surface area contributed by atoms with E-state index in [1.807, 2.05) is 17.9 Å². The molecule has 1 aliphatic carbocycles. The van der Waals surface area contributed by atoms with Gasteiger partial charge in [0.2, 0.25) is 11.8 Å². The number of anilines is 1. The molecule has 2 aliphatic rings. The molecule has 1 N–H and O–H groups in total. The summed E-state index contributed by atoms with van der Waals surface area (Å²) in [6.07, 6.45) is 2.04. The smallest absolute Gasteiger partial charge is 0.241 e. The van der Waals surface area contributed by atoms with E-state index in [1.165, 1.54) is 0 Å². The minimum absolute atomic E-state index is 0.0215. The molecule has 1 saturated carbocycles. The van der Waals surface area contributed by atoms with Gasteiger partial charge in [0.1, 0.15) is 5.75 Å². The highest BCUT2D eigenvalue weighted by Gasteiger charge is 2.35. The lowest BCUT2D eigenvalue weighted by Gasteiger charge is -2.35. The first kappa shape index (κ1) is 17.9. The van der Waals surface area contributed by atoms with Crippen molar-refractivity contribution in [3.05, 3.63) is 22.7 Å². The van der Waals surface area contributed by atoms with Crippen LogP contribution in [-0.2, 0) is 9.59 Å². The van der Waals surface area contributed by atoms with Crippen LogP contribution in [0.4, 0.5) is 5.69 Å². The Hall–Kier alpha value is -1.95. The summed E-state index contributed by atoms with van der Waals surface area (Å²) in [4.78, 5) is 28.2. The van der Waals surface area contributed by atoms with Crippen LogP contribution in [0, 0.1) is 12.8 Å². The molecule has 0 aromatic heterocycles. The first-order chi connectivity index (χ1) is 12.0. The van der Waals surface area contributed by atoms with Gasteiger partial charge in [-0.2, -0.15) is 0 Å². The summed E-state index contributed by atoms with van der Waals surface area (Å²) in [7, 11) is 1.57. The summed E-state index contributed by atoms with van der Waals surface area (Å²) in [5, 5.41) is 3.77. The van der Waals surface area contributed by atoms with E-state index in [0.29, 0.717) is 37.0 Å². The van der Waals surface area contributed by atoms with Gasteiger partial charge in [-0.15, -0.1) is 0 Å². The fourth-order valence-electron chi connectivity index (χ4n) is 3.02. The molecule has 2 fully saturated rings. The van der Waals surface area contributed by atoms with E-state index in [-0.39, 0.29) is 24.3 Å². The quantitative estimate of drug-likeness (QED) is 0.868. The number of nitrogens with zero attached hydrogens (tertiary/aromatic N) is 2. The van der Waals surface area contributed by atoms with E-state index in [0.717, 1.165) is 24.1 Å². The van der Waals surface area contributed by atoms with Crippen molar-refractivity contribution >= 4 is 29.1 Å². The zero-order chi connectivity index (χ0) is 18.0. The van der Waals surface area contributed by atoms with Crippen molar-refractivity contribution in [2.24, 2.45) is 5.92 Å². The van der Waals surface area contributed by atoms with Crippen LogP contribution >= 0.6 is 11.6 Å². The third-order valence-corrected chi connectivity index (χ3v) is 5.19. The van der Waals surface area contributed by atoms with E-state index in [4.69, 9.17) is 16.3 Å². The molecule has 0 spiro atoms. The van der Waals surface area contributed by atoms with Crippen LogP contribution in [0.25, 0.3) is 0 Å². The summed E-state index contributed by atoms with van der Waals surface area (Å²) >= 11 is 6.10. The predicted octanol–water partition coefficient (Wildman–Crippen LogP) is 2.15. The Morgan fingerprint density at radius 3 is 2.44 bits per heavy atom. The van der Waals surface area contributed by atoms with Crippen LogP contribution in [0.5, 0.6) is 5.75 Å². The maximum Gasteiger partial charge on any atom is 0.241 e. The molecule has 1 aromatic carbocycles. The molecule has 3 rings (SSSR count). The molecule has 1 aromatic rings. The average Bonchev–Trinajstić information content (AvgIpc) is 3.46. The number of carbonyl (C=O) groups excluding carboxylic acids is 2. The molecule has 25 heavy (non-hydrogen) atoms. The standard InChI is InChI=1S/C18H24ClN3O3/c1-12-9-15(16(25-2)10-14(12)19)20-11-17(23)21-5-7-22(8-6-21)18(24)13-3-4-13/h9-10,13,20H,3-8,11H2,1-2H3. The molecule has 7 heteroatoms. The van der Waals surface area contributed by atoms with Crippen molar-refractivity contribution in [1.82, 2.24) is 9.80 Å². The third kappa shape index (κ3) is 4.18. The molecule has 1 aliphatic heterocycles. The minimum atomic E-state index is 0.0215. The highest BCUT2D eigenvalue weighted by molar-refractivity contribution is 6.31. The fraction of sp³-hybridized carbons (Fsp3) is 0.556. The van der Waals surface area contributed by atoms with E-state index in [9.17, 15) is 9.59 Å². The zero-order valence-corrected chi connectivity index (χ0v) is 15.4. The van der Waals surface area contributed by atoms with Crippen molar-refractivity contribution in [2.75, 3.05) is 45.2 Å². The Labute approximate surface area is 153 Å². The van der Waals surface area contributed by atoms with Crippen molar-refractivity contribution < 1.29 is 14.3 Å². The fourth-order valence-corrected chi connectivity index (χ4v) is 3.17. The second-order valence-corrected chi connectivity index (χ2v) is 7.04. The van der Waals surface area contributed by atoms with Gasteiger partial charge in [0.05, 0.1) is 19.3 Å².